The molecule has 0 unspecified atom stereocenters. The van der Waals surface area contributed by atoms with Gasteiger partial charge in [0.2, 0.25) is 0 Å². The fourth-order valence-electron chi connectivity index (χ4n) is 1.62. The van der Waals surface area contributed by atoms with Gasteiger partial charge in [-0.1, -0.05) is 6.07 Å². The number of nitrogens with zero attached hydrogens (tertiary/aromatic N) is 1. The average molecular weight is 336 g/mol. The number of pyridine rings is 1. The molecule has 0 saturated heterocycles. The molecule has 2 heterocycles. The van der Waals surface area contributed by atoms with E-state index >= 15 is 0 Å². The van der Waals surface area contributed by atoms with Crippen LogP contribution in [0.2, 0.25) is 0 Å². The molecule has 0 aliphatic rings. The Balaban J connectivity index is 2.72. The van der Waals surface area contributed by atoms with Crippen molar-refractivity contribution in [2.45, 2.75) is 10.8 Å². The lowest BCUT2D eigenvalue weighted by Crippen LogP contribution is -2.03. The first-order valence-corrected chi connectivity index (χ1v) is 6.55. The van der Waals surface area contributed by atoms with Crippen molar-refractivity contribution < 1.29 is 18.3 Å². The third kappa shape index (κ3) is 2.24. The SMILES string of the molecule is COC(=O)c1c(Br)c2ccccn2c1SC(F)F. The zero-order valence-electron chi connectivity index (χ0n) is 9.19. The summed E-state index contributed by atoms with van der Waals surface area (Å²) in [4.78, 5) is 11.7. The van der Waals surface area contributed by atoms with Gasteiger partial charge in [-0.15, -0.1) is 0 Å². The number of methoxy groups -OCH3 is 1. The van der Waals surface area contributed by atoms with Crippen LogP contribution >= 0.6 is 27.7 Å². The van der Waals surface area contributed by atoms with Gasteiger partial charge in [0.05, 0.1) is 17.1 Å². The second-order valence-electron chi connectivity index (χ2n) is 3.32. The third-order valence-corrected chi connectivity index (χ3v) is 3.93. The molecule has 3 nitrogen and oxygen atoms in total. The molecule has 0 aromatic carbocycles. The summed E-state index contributed by atoms with van der Waals surface area (Å²) in [6.45, 7) is 0. The lowest BCUT2D eigenvalue weighted by molar-refractivity contribution is 0.0595. The maximum atomic E-state index is 12.6. The minimum absolute atomic E-state index is 0.119. The number of hydrogen-bond donors (Lipinski definition) is 0. The van der Waals surface area contributed by atoms with E-state index < -0.39 is 11.7 Å². The van der Waals surface area contributed by atoms with E-state index in [1.165, 1.54) is 11.5 Å². The van der Waals surface area contributed by atoms with Crippen LogP contribution in [0.4, 0.5) is 8.78 Å². The molecule has 0 spiro atoms. The minimum atomic E-state index is -2.61. The first kappa shape index (κ1) is 13.4. The molecular weight excluding hydrogens is 328 g/mol. The number of hydrogen-bond acceptors (Lipinski definition) is 3. The van der Waals surface area contributed by atoms with Crippen LogP contribution in [0.25, 0.3) is 5.52 Å². The minimum Gasteiger partial charge on any atom is -0.465 e. The van der Waals surface area contributed by atoms with E-state index in [9.17, 15) is 13.6 Å². The van der Waals surface area contributed by atoms with Crippen molar-refractivity contribution in [1.29, 1.82) is 0 Å². The second kappa shape index (κ2) is 5.27. The number of esters is 1. The van der Waals surface area contributed by atoms with E-state index in [0.29, 0.717) is 21.8 Å². The summed E-state index contributed by atoms with van der Waals surface area (Å²) in [6, 6.07) is 5.19. The average Bonchev–Trinajstić information content (AvgIpc) is 2.62. The molecule has 2 rings (SSSR count). The second-order valence-corrected chi connectivity index (χ2v) is 5.09. The van der Waals surface area contributed by atoms with Crippen molar-refractivity contribution in [3.63, 3.8) is 0 Å². The lowest BCUT2D eigenvalue weighted by atomic mass is 10.3. The molecule has 0 aliphatic carbocycles. The van der Waals surface area contributed by atoms with Crippen molar-refractivity contribution in [2.75, 3.05) is 7.11 Å². The van der Waals surface area contributed by atoms with Crippen LogP contribution in [0.1, 0.15) is 10.4 Å². The highest BCUT2D eigenvalue weighted by molar-refractivity contribution is 9.10. The Morgan fingerprint density at radius 3 is 2.83 bits per heavy atom. The number of alkyl halides is 2. The standard InChI is InChI=1S/C11H8BrF2NO2S/c1-17-10(16)7-8(12)6-4-2-3-5-15(6)9(7)18-11(13)14/h2-5,11H,1H3. The maximum absolute atomic E-state index is 12.6. The molecule has 0 aliphatic heterocycles. The predicted octanol–water partition coefficient (Wildman–Crippen LogP) is 3.80. The molecule has 0 N–H and O–H groups in total. The van der Waals surface area contributed by atoms with Gasteiger partial charge < -0.3 is 9.14 Å². The number of aromatic nitrogens is 1. The number of thioether (sulfide) groups is 1. The molecule has 0 saturated carbocycles. The molecule has 0 radical (unpaired) electrons. The van der Waals surface area contributed by atoms with Crippen LogP contribution < -0.4 is 0 Å². The number of ether oxygens (including phenoxy) is 1. The quantitative estimate of drug-likeness (QED) is 0.631. The monoisotopic (exact) mass is 335 g/mol. The first-order chi connectivity index (χ1) is 8.56. The smallest absolute Gasteiger partial charge is 0.341 e. The van der Waals surface area contributed by atoms with Gasteiger partial charge in [-0.05, 0) is 39.8 Å². The zero-order chi connectivity index (χ0) is 13.3. The topological polar surface area (TPSA) is 30.7 Å². The molecule has 96 valence electrons. The van der Waals surface area contributed by atoms with E-state index in [1.807, 2.05) is 0 Å². The Hall–Kier alpha value is -1.08. The largest absolute Gasteiger partial charge is 0.465 e. The molecule has 2 aromatic rings. The zero-order valence-corrected chi connectivity index (χ0v) is 11.6. The van der Waals surface area contributed by atoms with Crippen molar-refractivity contribution in [2.24, 2.45) is 0 Å². The summed E-state index contributed by atoms with van der Waals surface area (Å²) in [5.74, 6) is -3.26. The van der Waals surface area contributed by atoms with E-state index in [0.717, 1.165) is 0 Å². The van der Waals surface area contributed by atoms with Crippen LogP contribution in [-0.4, -0.2) is 23.2 Å². The van der Waals surface area contributed by atoms with Crippen LogP contribution in [0.15, 0.2) is 33.9 Å². The number of rotatable bonds is 3. The molecule has 0 atom stereocenters. The van der Waals surface area contributed by atoms with Gasteiger partial charge >= 0.3 is 5.97 Å². The van der Waals surface area contributed by atoms with Gasteiger partial charge in [0.1, 0.15) is 10.6 Å². The van der Waals surface area contributed by atoms with Crippen molar-refractivity contribution >= 4 is 39.2 Å². The normalized spacial score (nSPS) is 11.2. The van der Waals surface area contributed by atoms with Crippen LogP contribution in [0, 0.1) is 0 Å². The summed E-state index contributed by atoms with van der Waals surface area (Å²) in [5.41, 5.74) is 0.759. The van der Waals surface area contributed by atoms with Gasteiger partial charge in [0, 0.05) is 6.20 Å². The van der Waals surface area contributed by atoms with Gasteiger partial charge in [0.25, 0.3) is 5.76 Å². The summed E-state index contributed by atoms with van der Waals surface area (Å²) in [5, 5.41) is 0.166. The van der Waals surface area contributed by atoms with Crippen LogP contribution in [-0.2, 0) is 4.74 Å². The molecular formula is C11H8BrF2NO2S. The Kier molecular flexibility index (Phi) is 3.91. The highest BCUT2D eigenvalue weighted by atomic mass is 79.9. The summed E-state index contributed by atoms with van der Waals surface area (Å²) < 4.78 is 31.8. The van der Waals surface area contributed by atoms with Crippen LogP contribution in [0.3, 0.4) is 0 Å². The Labute approximate surface area is 114 Å². The highest BCUT2D eigenvalue weighted by Crippen LogP contribution is 2.37. The molecule has 0 amide bonds. The van der Waals surface area contributed by atoms with E-state index in [-0.39, 0.29) is 10.6 Å². The number of carbonyl (C=O) groups is 1. The third-order valence-electron chi connectivity index (χ3n) is 2.33. The molecule has 0 fully saturated rings. The van der Waals surface area contributed by atoms with E-state index in [4.69, 9.17) is 0 Å². The fraction of sp³-hybridized carbons (Fsp3) is 0.182. The molecule has 18 heavy (non-hydrogen) atoms. The lowest BCUT2D eigenvalue weighted by Gasteiger charge is -2.04. The molecule has 2 aromatic heterocycles. The van der Waals surface area contributed by atoms with Crippen molar-refractivity contribution in [1.82, 2.24) is 4.40 Å². The molecule has 7 heteroatoms. The number of fused-ring (bicyclic) bond motifs is 1. The van der Waals surface area contributed by atoms with Crippen LogP contribution in [0.5, 0.6) is 0 Å². The number of carbonyl (C=O) groups excluding carboxylic acids is 1. The maximum Gasteiger partial charge on any atom is 0.341 e. The fourth-order valence-corrected chi connectivity index (χ4v) is 3.17. The Bertz CT molecular complexity index is 600. The predicted molar refractivity (Wildman–Crippen MR) is 68.3 cm³/mol. The van der Waals surface area contributed by atoms with Crippen molar-refractivity contribution in [3.05, 3.63) is 34.4 Å². The highest BCUT2D eigenvalue weighted by Gasteiger charge is 2.25. The first-order valence-electron chi connectivity index (χ1n) is 4.88. The van der Waals surface area contributed by atoms with Gasteiger partial charge in [-0.25, -0.2) is 4.79 Å². The summed E-state index contributed by atoms with van der Waals surface area (Å²) >= 11 is 3.57. The van der Waals surface area contributed by atoms with E-state index in [1.54, 1.807) is 24.4 Å². The number of halogens is 3. The van der Waals surface area contributed by atoms with Gasteiger partial charge in [-0.2, -0.15) is 8.78 Å². The van der Waals surface area contributed by atoms with E-state index in [2.05, 4.69) is 20.7 Å². The summed E-state index contributed by atoms with van der Waals surface area (Å²) in [7, 11) is 1.22. The summed E-state index contributed by atoms with van der Waals surface area (Å²) in [6.07, 6.45) is 1.62. The van der Waals surface area contributed by atoms with Crippen molar-refractivity contribution in [3.8, 4) is 0 Å². The van der Waals surface area contributed by atoms with Gasteiger partial charge in [-0.3, -0.25) is 0 Å². The van der Waals surface area contributed by atoms with Gasteiger partial charge in [0.15, 0.2) is 0 Å². The Morgan fingerprint density at radius 1 is 1.50 bits per heavy atom. The molecule has 0 bridgehead atoms. The Morgan fingerprint density at radius 2 is 2.22 bits per heavy atom.